The average Bonchev–Trinajstić information content (AvgIpc) is 3.19. The summed E-state index contributed by atoms with van der Waals surface area (Å²) in [7, 11) is 0. The molecule has 0 aliphatic carbocycles. The second-order valence-electron chi connectivity index (χ2n) is 8.80. The van der Waals surface area contributed by atoms with Crippen molar-refractivity contribution in [2.45, 2.75) is 58.5 Å². The number of carbonyl (C=O) groups excluding carboxylic acids is 2. The number of nitrogens with one attached hydrogen (secondary N) is 1. The molecule has 5 heteroatoms. The molecule has 1 N–H and O–H groups in total. The predicted molar refractivity (Wildman–Crippen MR) is 112 cm³/mol. The van der Waals surface area contributed by atoms with Gasteiger partial charge in [0.25, 0.3) is 5.91 Å². The Hall–Kier alpha value is -1.88. The summed E-state index contributed by atoms with van der Waals surface area (Å²) in [6, 6.07) is 9.29. The van der Waals surface area contributed by atoms with Gasteiger partial charge in [-0.25, -0.2) is 0 Å². The first-order valence-electron chi connectivity index (χ1n) is 10.8. The minimum atomic E-state index is -0.345. The van der Waals surface area contributed by atoms with Crippen LogP contribution in [0.1, 0.15) is 56.8 Å². The number of rotatable bonds is 6. The van der Waals surface area contributed by atoms with Crippen LogP contribution in [0.2, 0.25) is 0 Å². The number of benzene rings is 1. The number of nitrogens with zero attached hydrogens (tertiary/aromatic N) is 2. The molecule has 28 heavy (non-hydrogen) atoms. The maximum Gasteiger partial charge on any atom is 0.254 e. The van der Waals surface area contributed by atoms with Gasteiger partial charge in [-0.1, -0.05) is 39.0 Å². The van der Waals surface area contributed by atoms with E-state index in [1.165, 1.54) is 12.8 Å². The number of amides is 2. The van der Waals surface area contributed by atoms with Crippen LogP contribution in [0.15, 0.2) is 30.3 Å². The van der Waals surface area contributed by atoms with E-state index in [1.54, 1.807) is 4.90 Å². The molecule has 1 aromatic carbocycles. The molecule has 2 aliphatic rings. The average molecular weight is 386 g/mol. The van der Waals surface area contributed by atoms with Gasteiger partial charge in [-0.2, -0.15) is 0 Å². The smallest absolute Gasteiger partial charge is 0.254 e. The Morgan fingerprint density at radius 2 is 1.75 bits per heavy atom. The zero-order chi connectivity index (χ0) is 20.1. The van der Waals surface area contributed by atoms with Crippen LogP contribution in [0.4, 0.5) is 0 Å². The maximum atomic E-state index is 12.9. The third kappa shape index (κ3) is 4.93. The number of hydrogen-bond acceptors (Lipinski definition) is 3. The van der Waals surface area contributed by atoms with Gasteiger partial charge >= 0.3 is 0 Å². The highest BCUT2D eigenvalue weighted by molar-refractivity contribution is 5.97. The van der Waals surface area contributed by atoms with Gasteiger partial charge in [-0.3, -0.25) is 14.5 Å². The van der Waals surface area contributed by atoms with E-state index < -0.39 is 0 Å². The third-order valence-corrected chi connectivity index (χ3v) is 6.38. The van der Waals surface area contributed by atoms with E-state index >= 15 is 0 Å². The summed E-state index contributed by atoms with van der Waals surface area (Å²) in [6.45, 7) is 10.3. The Kier molecular flexibility index (Phi) is 7.11. The minimum absolute atomic E-state index is 0.00203. The highest BCUT2D eigenvalue weighted by Gasteiger charge is 2.35. The summed E-state index contributed by atoms with van der Waals surface area (Å²) in [5.41, 5.74) is 0.657. The molecule has 5 nitrogen and oxygen atoms in total. The van der Waals surface area contributed by atoms with Crippen molar-refractivity contribution in [3.05, 3.63) is 35.9 Å². The van der Waals surface area contributed by atoms with Gasteiger partial charge in [-0.05, 0) is 62.7 Å². The molecule has 154 valence electrons. The van der Waals surface area contributed by atoms with Crippen molar-refractivity contribution in [3.8, 4) is 0 Å². The molecule has 2 aliphatic heterocycles. The Morgan fingerprint density at radius 1 is 1.07 bits per heavy atom. The predicted octanol–water partition coefficient (Wildman–Crippen LogP) is 3.16. The fourth-order valence-corrected chi connectivity index (χ4v) is 4.50. The van der Waals surface area contributed by atoms with E-state index in [4.69, 9.17) is 0 Å². The first-order chi connectivity index (χ1) is 13.5. The van der Waals surface area contributed by atoms with Crippen LogP contribution >= 0.6 is 0 Å². The van der Waals surface area contributed by atoms with E-state index in [0.717, 1.165) is 31.8 Å². The monoisotopic (exact) mass is 385 g/mol. The van der Waals surface area contributed by atoms with Crippen LogP contribution in [0.5, 0.6) is 0 Å². The lowest BCUT2D eigenvalue weighted by molar-refractivity contribution is -0.125. The lowest BCUT2D eigenvalue weighted by Gasteiger charge is -2.39. The summed E-state index contributed by atoms with van der Waals surface area (Å²) in [5, 5.41) is 3.18. The van der Waals surface area contributed by atoms with Crippen molar-refractivity contribution in [2.24, 2.45) is 11.8 Å². The Balaban J connectivity index is 1.59. The quantitative estimate of drug-likeness (QED) is 0.818. The Bertz CT molecular complexity index is 653. The lowest BCUT2D eigenvalue weighted by Crippen LogP contribution is -2.52. The molecule has 2 saturated heterocycles. The maximum absolute atomic E-state index is 12.9. The molecule has 2 amide bonds. The number of carbonyl (C=O) groups is 2. The highest BCUT2D eigenvalue weighted by Crippen LogP contribution is 2.23. The molecule has 2 atom stereocenters. The zero-order valence-corrected chi connectivity index (χ0v) is 17.6. The first kappa shape index (κ1) is 20.8. The van der Waals surface area contributed by atoms with Gasteiger partial charge in [0.2, 0.25) is 5.91 Å². The summed E-state index contributed by atoms with van der Waals surface area (Å²) in [5.74, 6) is 1.25. The molecule has 0 spiro atoms. The molecule has 2 unspecified atom stereocenters. The van der Waals surface area contributed by atoms with Crippen molar-refractivity contribution >= 4 is 11.8 Å². The fourth-order valence-electron chi connectivity index (χ4n) is 4.50. The van der Waals surface area contributed by atoms with Crippen molar-refractivity contribution in [2.75, 3.05) is 26.2 Å². The Labute approximate surface area is 169 Å². The number of piperidine rings is 1. The van der Waals surface area contributed by atoms with Crippen LogP contribution in [0, 0.1) is 11.8 Å². The molecule has 1 aromatic rings. The van der Waals surface area contributed by atoms with Gasteiger partial charge in [0.05, 0.1) is 0 Å². The Morgan fingerprint density at radius 3 is 2.39 bits per heavy atom. The highest BCUT2D eigenvalue weighted by atomic mass is 16.2. The third-order valence-electron chi connectivity index (χ3n) is 6.38. The SMILES string of the molecule is CC1CCN(C(CNC(=O)C2CCCN2C(=O)c2ccccc2)C(C)C)CC1. The van der Waals surface area contributed by atoms with Crippen LogP contribution < -0.4 is 5.32 Å². The molecule has 0 aromatic heterocycles. The number of hydrogen-bond donors (Lipinski definition) is 1. The molecule has 2 heterocycles. The van der Waals surface area contributed by atoms with Crippen molar-refractivity contribution in [1.82, 2.24) is 15.1 Å². The van der Waals surface area contributed by atoms with Crippen molar-refractivity contribution < 1.29 is 9.59 Å². The standard InChI is InChI=1S/C23H35N3O2/c1-17(2)21(25-14-11-18(3)12-15-25)16-24-22(27)20-10-7-13-26(20)23(28)19-8-5-4-6-9-19/h4-6,8-9,17-18,20-21H,7,10-16H2,1-3H3,(H,24,27). The van der Waals surface area contributed by atoms with Gasteiger partial charge in [0.15, 0.2) is 0 Å². The zero-order valence-electron chi connectivity index (χ0n) is 17.6. The molecule has 2 fully saturated rings. The van der Waals surface area contributed by atoms with E-state index in [9.17, 15) is 9.59 Å². The fraction of sp³-hybridized carbons (Fsp3) is 0.652. The van der Waals surface area contributed by atoms with E-state index in [2.05, 4.69) is 31.0 Å². The second kappa shape index (κ2) is 9.55. The molecule has 3 rings (SSSR count). The summed E-state index contributed by atoms with van der Waals surface area (Å²) in [6.07, 6.45) is 4.10. The summed E-state index contributed by atoms with van der Waals surface area (Å²) < 4.78 is 0. The topological polar surface area (TPSA) is 52.7 Å². The summed E-state index contributed by atoms with van der Waals surface area (Å²) >= 11 is 0. The van der Waals surface area contributed by atoms with E-state index in [0.29, 0.717) is 30.6 Å². The second-order valence-corrected chi connectivity index (χ2v) is 8.80. The van der Waals surface area contributed by atoms with Gasteiger partial charge < -0.3 is 10.2 Å². The van der Waals surface area contributed by atoms with E-state index in [-0.39, 0.29) is 17.9 Å². The minimum Gasteiger partial charge on any atom is -0.353 e. The van der Waals surface area contributed by atoms with Gasteiger partial charge in [0.1, 0.15) is 6.04 Å². The normalized spacial score (nSPS) is 22.4. The molecule has 0 saturated carbocycles. The first-order valence-corrected chi connectivity index (χ1v) is 10.8. The van der Waals surface area contributed by atoms with Gasteiger partial charge in [0, 0.05) is 24.7 Å². The van der Waals surface area contributed by atoms with Crippen LogP contribution in [0.25, 0.3) is 0 Å². The molecule has 0 radical (unpaired) electrons. The van der Waals surface area contributed by atoms with E-state index in [1.807, 2.05) is 30.3 Å². The summed E-state index contributed by atoms with van der Waals surface area (Å²) in [4.78, 5) is 30.0. The van der Waals surface area contributed by atoms with Crippen LogP contribution in [-0.2, 0) is 4.79 Å². The number of likely N-dealkylation sites (tertiary alicyclic amines) is 2. The molecule has 0 bridgehead atoms. The largest absolute Gasteiger partial charge is 0.353 e. The van der Waals surface area contributed by atoms with Crippen molar-refractivity contribution in [1.29, 1.82) is 0 Å². The van der Waals surface area contributed by atoms with Gasteiger partial charge in [-0.15, -0.1) is 0 Å². The van der Waals surface area contributed by atoms with Crippen LogP contribution in [0.3, 0.4) is 0 Å². The molecular weight excluding hydrogens is 350 g/mol. The lowest BCUT2D eigenvalue weighted by atomic mass is 9.94. The van der Waals surface area contributed by atoms with Crippen LogP contribution in [-0.4, -0.2) is 59.9 Å². The van der Waals surface area contributed by atoms with Crippen molar-refractivity contribution in [3.63, 3.8) is 0 Å². The molecular formula is C23H35N3O2.